The van der Waals surface area contributed by atoms with Crippen LogP contribution in [-0.2, 0) is 11.8 Å². The van der Waals surface area contributed by atoms with Gasteiger partial charge in [0.2, 0.25) is 0 Å². The van der Waals surface area contributed by atoms with Crippen molar-refractivity contribution in [1.82, 2.24) is 14.8 Å². The molecule has 0 saturated heterocycles. The van der Waals surface area contributed by atoms with E-state index in [1.165, 1.54) is 29.3 Å². The Hall–Kier alpha value is -3.55. The highest BCUT2D eigenvalue weighted by molar-refractivity contribution is 5.89. The fourth-order valence-corrected chi connectivity index (χ4v) is 2.42. The number of hydrogen-bond donors (Lipinski definition) is 0. The Morgan fingerprint density at radius 2 is 2.04 bits per heavy atom. The summed E-state index contributed by atoms with van der Waals surface area (Å²) in [6.07, 6.45) is 5.02. The molecule has 2 aromatic heterocycles. The molecular weight excluding hydrogens is 324 g/mol. The zero-order valence-corrected chi connectivity index (χ0v) is 13.3. The van der Waals surface area contributed by atoms with Crippen LogP contribution in [0.25, 0.3) is 0 Å². The number of nitrogens with zero attached hydrogens (tertiary/aromatic N) is 4. The molecule has 2 heterocycles. The number of hydrogen-bond acceptors (Lipinski definition) is 6. The molecule has 0 radical (unpaired) electrons. The van der Waals surface area contributed by atoms with Gasteiger partial charge in [-0.15, -0.1) is 0 Å². The molecular formula is C17H14N4O4. The summed E-state index contributed by atoms with van der Waals surface area (Å²) in [6.45, 7) is 0. The second-order valence-electron chi connectivity index (χ2n) is 5.29. The first-order chi connectivity index (χ1) is 12.1. The van der Waals surface area contributed by atoms with Crippen LogP contribution < -0.4 is 0 Å². The molecule has 3 rings (SSSR count). The third-order valence-electron chi connectivity index (χ3n) is 3.57. The molecule has 25 heavy (non-hydrogen) atoms. The molecule has 0 N–H and O–H groups in total. The molecule has 0 unspecified atom stereocenters. The number of pyridine rings is 1. The number of nitro benzene ring substituents is 1. The lowest BCUT2D eigenvalue weighted by molar-refractivity contribution is -0.386. The van der Waals surface area contributed by atoms with Crippen LogP contribution in [0.15, 0.2) is 61.2 Å². The topological polar surface area (TPSA) is 100 Å². The third kappa shape index (κ3) is 3.52. The van der Waals surface area contributed by atoms with Crippen molar-refractivity contribution >= 4 is 11.7 Å². The Morgan fingerprint density at radius 1 is 1.24 bits per heavy atom. The van der Waals surface area contributed by atoms with E-state index in [0.717, 1.165) is 0 Å². The summed E-state index contributed by atoms with van der Waals surface area (Å²) >= 11 is 0. The Labute approximate surface area is 142 Å². The minimum absolute atomic E-state index is 0.129. The molecule has 8 nitrogen and oxygen atoms in total. The van der Waals surface area contributed by atoms with E-state index in [1.54, 1.807) is 43.6 Å². The van der Waals surface area contributed by atoms with Crippen LogP contribution in [0.1, 0.15) is 27.6 Å². The lowest BCUT2D eigenvalue weighted by Gasteiger charge is -2.18. The summed E-state index contributed by atoms with van der Waals surface area (Å²) in [7, 11) is 1.68. The normalized spacial score (nSPS) is 11.7. The van der Waals surface area contributed by atoms with Gasteiger partial charge < -0.3 is 4.74 Å². The van der Waals surface area contributed by atoms with Crippen LogP contribution in [0.3, 0.4) is 0 Å². The van der Waals surface area contributed by atoms with E-state index in [2.05, 4.69) is 10.1 Å². The minimum Gasteiger partial charge on any atom is -0.449 e. The quantitative estimate of drug-likeness (QED) is 0.403. The van der Waals surface area contributed by atoms with Crippen molar-refractivity contribution in [2.45, 2.75) is 6.10 Å². The maximum absolute atomic E-state index is 12.4. The summed E-state index contributed by atoms with van der Waals surface area (Å²) in [5.74, 6) is -0.625. The van der Waals surface area contributed by atoms with Gasteiger partial charge in [-0.1, -0.05) is 18.2 Å². The monoisotopic (exact) mass is 338 g/mol. The van der Waals surface area contributed by atoms with E-state index in [9.17, 15) is 14.9 Å². The zero-order valence-electron chi connectivity index (χ0n) is 13.3. The van der Waals surface area contributed by atoms with Gasteiger partial charge in [0.15, 0.2) is 6.10 Å². The summed E-state index contributed by atoms with van der Waals surface area (Å²) in [6, 6.07) is 9.53. The number of ether oxygens (including phenoxy) is 1. The number of carbonyl (C=O) groups excluding carboxylic acids is 1. The number of esters is 1. The number of rotatable bonds is 5. The maximum Gasteiger partial charge on any atom is 0.342 e. The molecule has 0 saturated carbocycles. The first kappa shape index (κ1) is 16.3. The Bertz CT molecular complexity index is 908. The highest BCUT2D eigenvalue weighted by Gasteiger charge is 2.27. The Kier molecular flexibility index (Phi) is 4.51. The van der Waals surface area contributed by atoms with E-state index in [1.807, 2.05) is 0 Å². The highest BCUT2D eigenvalue weighted by Crippen LogP contribution is 2.33. The highest BCUT2D eigenvalue weighted by atomic mass is 16.6. The molecule has 126 valence electrons. The van der Waals surface area contributed by atoms with Crippen molar-refractivity contribution < 1.29 is 14.5 Å². The summed E-state index contributed by atoms with van der Waals surface area (Å²) in [5.41, 5.74) is 0.942. The number of benzene rings is 1. The van der Waals surface area contributed by atoms with E-state index in [0.29, 0.717) is 5.56 Å². The standard InChI is InChI=1S/C17H14N4O4/c1-20-11-13(10-19-20)17(22)25-16(12-5-4-8-18-9-12)14-6-2-3-7-15(14)21(23)24/h2-11,16H,1H3/t16-/m1/s1. The predicted molar refractivity (Wildman–Crippen MR) is 87.8 cm³/mol. The number of carbonyl (C=O) groups is 1. The second kappa shape index (κ2) is 6.91. The van der Waals surface area contributed by atoms with Crippen LogP contribution in [-0.4, -0.2) is 25.7 Å². The number of nitro groups is 1. The average Bonchev–Trinajstić information content (AvgIpc) is 3.07. The Balaban J connectivity index is 2.02. The average molecular weight is 338 g/mol. The van der Waals surface area contributed by atoms with E-state index in [-0.39, 0.29) is 16.8 Å². The van der Waals surface area contributed by atoms with Crippen LogP contribution in [0.2, 0.25) is 0 Å². The fourth-order valence-electron chi connectivity index (χ4n) is 2.42. The van der Waals surface area contributed by atoms with Crippen molar-refractivity contribution in [3.8, 4) is 0 Å². The smallest absolute Gasteiger partial charge is 0.342 e. The van der Waals surface area contributed by atoms with Crippen molar-refractivity contribution in [2.75, 3.05) is 0 Å². The molecule has 8 heteroatoms. The third-order valence-corrected chi connectivity index (χ3v) is 3.57. The first-order valence-electron chi connectivity index (χ1n) is 7.39. The van der Waals surface area contributed by atoms with Crippen LogP contribution in [0, 0.1) is 10.1 Å². The van der Waals surface area contributed by atoms with E-state index in [4.69, 9.17) is 4.74 Å². The molecule has 1 aromatic carbocycles. The first-order valence-corrected chi connectivity index (χ1v) is 7.39. The van der Waals surface area contributed by atoms with Gasteiger partial charge in [0.25, 0.3) is 5.69 Å². The van der Waals surface area contributed by atoms with Crippen LogP contribution in [0.5, 0.6) is 0 Å². The van der Waals surface area contributed by atoms with Gasteiger partial charge in [-0.05, 0) is 12.1 Å². The summed E-state index contributed by atoms with van der Waals surface area (Å²) < 4.78 is 7.05. The summed E-state index contributed by atoms with van der Waals surface area (Å²) in [4.78, 5) is 27.3. The van der Waals surface area contributed by atoms with Gasteiger partial charge in [-0.3, -0.25) is 19.8 Å². The van der Waals surface area contributed by atoms with Gasteiger partial charge in [0, 0.05) is 37.3 Å². The van der Waals surface area contributed by atoms with Gasteiger partial charge in [0.05, 0.1) is 22.2 Å². The minimum atomic E-state index is -0.956. The van der Waals surface area contributed by atoms with E-state index >= 15 is 0 Å². The van der Waals surface area contributed by atoms with E-state index < -0.39 is 17.0 Å². The number of aromatic nitrogens is 3. The molecule has 0 bridgehead atoms. The van der Waals surface area contributed by atoms with Crippen molar-refractivity contribution in [3.05, 3.63) is 88.0 Å². The second-order valence-corrected chi connectivity index (χ2v) is 5.29. The van der Waals surface area contributed by atoms with Crippen molar-refractivity contribution in [2.24, 2.45) is 7.05 Å². The number of para-hydroxylation sites is 1. The summed E-state index contributed by atoms with van der Waals surface area (Å²) in [5, 5.41) is 15.3. The van der Waals surface area contributed by atoms with Crippen molar-refractivity contribution in [3.63, 3.8) is 0 Å². The van der Waals surface area contributed by atoms with Gasteiger partial charge >= 0.3 is 5.97 Å². The van der Waals surface area contributed by atoms with Crippen molar-refractivity contribution in [1.29, 1.82) is 0 Å². The Morgan fingerprint density at radius 3 is 2.68 bits per heavy atom. The van der Waals surface area contributed by atoms with Gasteiger partial charge in [-0.25, -0.2) is 4.79 Å². The fraction of sp³-hybridized carbons (Fsp3) is 0.118. The molecule has 3 aromatic rings. The van der Waals surface area contributed by atoms with Gasteiger partial charge in [-0.2, -0.15) is 5.10 Å². The lowest BCUT2D eigenvalue weighted by atomic mass is 10.0. The number of aryl methyl sites for hydroxylation is 1. The largest absolute Gasteiger partial charge is 0.449 e. The lowest BCUT2D eigenvalue weighted by Crippen LogP contribution is -2.14. The van der Waals surface area contributed by atoms with Crippen LogP contribution in [0.4, 0.5) is 5.69 Å². The molecule has 1 atom stereocenters. The van der Waals surface area contributed by atoms with Crippen LogP contribution >= 0.6 is 0 Å². The predicted octanol–water partition coefficient (Wildman–Crippen LogP) is 2.67. The molecule has 0 aliphatic carbocycles. The zero-order chi connectivity index (χ0) is 17.8. The van der Waals surface area contributed by atoms with Gasteiger partial charge in [0.1, 0.15) is 0 Å². The molecule has 0 amide bonds. The molecule has 0 fully saturated rings. The maximum atomic E-state index is 12.4. The molecule has 0 aliphatic heterocycles. The molecule has 0 aliphatic rings. The SMILES string of the molecule is Cn1cc(C(=O)O[C@H](c2cccnc2)c2ccccc2[N+](=O)[O-])cn1. The molecule has 0 spiro atoms.